The molecule has 3 rings (SSSR count). The molecule has 0 atom stereocenters. The summed E-state index contributed by atoms with van der Waals surface area (Å²) in [5.74, 6) is 0.186. The van der Waals surface area contributed by atoms with Crippen LogP contribution in [0.1, 0.15) is 5.56 Å². The molecule has 2 aromatic carbocycles. The first-order chi connectivity index (χ1) is 10.7. The number of aryl methyl sites for hydroxylation is 1. The predicted octanol–water partition coefficient (Wildman–Crippen LogP) is 3.47. The van der Waals surface area contributed by atoms with E-state index in [-0.39, 0.29) is 17.1 Å². The van der Waals surface area contributed by atoms with Gasteiger partial charge in [0.1, 0.15) is 5.82 Å². The molecule has 0 saturated carbocycles. The van der Waals surface area contributed by atoms with Crippen molar-refractivity contribution in [2.24, 2.45) is 10.2 Å². The summed E-state index contributed by atoms with van der Waals surface area (Å²) in [6.07, 6.45) is 0. The van der Waals surface area contributed by atoms with Gasteiger partial charge in [0, 0.05) is 0 Å². The van der Waals surface area contributed by atoms with Crippen molar-refractivity contribution in [2.45, 2.75) is 6.92 Å². The maximum atomic E-state index is 12.4. The van der Waals surface area contributed by atoms with Crippen molar-refractivity contribution in [3.05, 3.63) is 70.5 Å². The maximum absolute atomic E-state index is 12.4. The van der Waals surface area contributed by atoms with Gasteiger partial charge in [-0.25, -0.2) is 4.68 Å². The molecule has 6 heteroatoms. The molecule has 22 heavy (non-hydrogen) atoms. The third-order valence-electron chi connectivity index (χ3n) is 3.28. The van der Waals surface area contributed by atoms with E-state index < -0.39 is 0 Å². The van der Waals surface area contributed by atoms with Crippen molar-refractivity contribution in [3.8, 4) is 5.69 Å². The number of nitrogens with one attached hydrogen (secondary N) is 1. The Morgan fingerprint density at radius 1 is 1.00 bits per heavy atom. The molecular formula is C16H15N5O. The van der Waals surface area contributed by atoms with E-state index in [1.165, 1.54) is 4.68 Å². The summed E-state index contributed by atoms with van der Waals surface area (Å²) < 4.78 is 1.35. The highest BCUT2D eigenvalue weighted by atomic mass is 16.1. The molecule has 6 nitrogen and oxygen atoms in total. The monoisotopic (exact) mass is 293 g/mol. The first-order valence-corrected chi connectivity index (χ1v) is 6.80. The number of aromatic nitrogens is 2. The van der Waals surface area contributed by atoms with Gasteiger partial charge < -0.3 is 5.73 Å². The van der Waals surface area contributed by atoms with E-state index in [1.807, 2.05) is 49.4 Å². The Kier molecular flexibility index (Phi) is 3.57. The zero-order valence-electron chi connectivity index (χ0n) is 12.0. The lowest BCUT2D eigenvalue weighted by atomic mass is 10.2. The van der Waals surface area contributed by atoms with Crippen LogP contribution in [0.3, 0.4) is 0 Å². The van der Waals surface area contributed by atoms with E-state index in [9.17, 15) is 4.79 Å². The normalized spacial score (nSPS) is 11.1. The fraction of sp³-hybridized carbons (Fsp3) is 0.0625. The van der Waals surface area contributed by atoms with Crippen LogP contribution in [0.25, 0.3) is 5.69 Å². The molecule has 0 fully saturated rings. The van der Waals surface area contributed by atoms with Crippen LogP contribution in [0.5, 0.6) is 0 Å². The second-order valence-electron chi connectivity index (χ2n) is 4.84. The van der Waals surface area contributed by atoms with Crippen molar-refractivity contribution in [1.82, 2.24) is 9.78 Å². The number of rotatable bonds is 3. The first-order valence-electron chi connectivity index (χ1n) is 6.80. The molecule has 0 saturated heterocycles. The van der Waals surface area contributed by atoms with E-state index in [2.05, 4.69) is 15.3 Å². The Morgan fingerprint density at radius 2 is 1.68 bits per heavy atom. The van der Waals surface area contributed by atoms with Crippen LogP contribution in [0.15, 0.2) is 69.6 Å². The van der Waals surface area contributed by atoms with Crippen LogP contribution >= 0.6 is 0 Å². The fourth-order valence-electron chi connectivity index (χ4n) is 2.08. The SMILES string of the molecule is Cc1ccccc1N=Nc1c(N)[nH]n(-c2ccccc2)c1=O. The van der Waals surface area contributed by atoms with Crippen molar-refractivity contribution >= 4 is 17.2 Å². The molecule has 110 valence electrons. The van der Waals surface area contributed by atoms with E-state index in [0.717, 1.165) is 5.56 Å². The van der Waals surface area contributed by atoms with Crippen LogP contribution in [-0.4, -0.2) is 9.78 Å². The molecule has 3 aromatic rings. The average Bonchev–Trinajstić information content (AvgIpc) is 2.82. The van der Waals surface area contributed by atoms with Gasteiger partial charge in [-0.15, -0.1) is 10.2 Å². The van der Waals surface area contributed by atoms with Gasteiger partial charge in [0.2, 0.25) is 0 Å². The number of nitrogens with zero attached hydrogens (tertiary/aromatic N) is 3. The summed E-state index contributed by atoms with van der Waals surface area (Å²) in [5, 5.41) is 10.9. The average molecular weight is 293 g/mol. The first kappa shape index (κ1) is 13.8. The third-order valence-corrected chi connectivity index (χ3v) is 3.28. The smallest absolute Gasteiger partial charge is 0.301 e. The largest absolute Gasteiger partial charge is 0.382 e. The lowest BCUT2D eigenvalue weighted by molar-refractivity contribution is 0.853. The highest BCUT2D eigenvalue weighted by Crippen LogP contribution is 2.22. The van der Waals surface area contributed by atoms with Gasteiger partial charge in [-0.1, -0.05) is 36.4 Å². The molecule has 0 amide bonds. The van der Waals surface area contributed by atoms with Crippen LogP contribution in [0, 0.1) is 6.92 Å². The molecule has 0 aliphatic heterocycles. The van der Waals surface area contributed by atoms with Crippen LogP contribution in [0.4, 0.5) is 17.2 Å². The number of para-hydroxylation sites is 1. The Balaban J connectivity index is 2.01. The number of azo groups is 1. The third kappa shape index (κ3) is 2.54. The Hall–Kier alpha value is -3.15. The fourth-order valence-corrected chi connectivity index (χ4v) is 2.08. The summed E-state index contributed by atoms with van der Waals surface area (Å²) in [6, 6.07) is 16.7. The number of nitrogens with two attached hydrogens (primary N) is 1. The zero-order chi connectivity index (χ0) is 15.5. The highest BCUT2D eigenvalue weighted by molar-refractivity contribution is 5.57. The molecule has 0 aliphatic rings. The van der Waals surface area contributed by atoms with Gasteiger partial charge in [-0.05, 0) is 30.7 Å². The Labute approximate surface area is 126 Å². The standard InChI is InChI=1S/C16H15N5O/c1-11-7-5-6-10-13(11)18-19-14-15(17)20-21(16(14)22)12-8-3-2-4-9-12/h2-10,20H,17H2,1H3. The molecule has 1 heterocycles. The van der Waals surface area contributed by atoms with Crippen LogP contribution < -0.4 is 11.3 Å². The maximum Gasteiger partial charge on any atom is 0.301 e. The van der Waals surface area contributed by atoms with E-state index in [4.69, 9.17) is 5.73 Å². The van der Waals surface area contributed by atoms with Crippen molar-refractivity contribution in [1.29, 1.82) is 0 Å². The molecule has 0 unspecified atom stereocenters. The molecule has 0 radical (unpaired) electrons. The van der Waals surface area contributed by atoms with Gasteiger partial charge in [0.15, 0.2) is 5.69 Å². The lowest BCUT2D eigenvalue weighted by Crippen LogP contribution is -2.13. The second-order valence-corrected chi connectivity index (χ2v) is 4.84. The van der Waals surface area contributed by atoms with E-state index >= 15 is 0 Å². The summed E-state index contributed by atoms with van der Waals surface area (Å²) >= 11 is 0. The minimum absolute atomic E-state index is 0.104. The summed E-state index contributed by atoms with van der Waals surface area (Å²) in [7, 11) is 0. The minimum Gasteiger partial charge on any atom is -0.382 e. The summed E-state index contributed by atoms with van der Waals surface area (Å²) in [5.41, 5.74) is 7.99. The number of benzene rings is 2. The molecule has 0 spiro atoms. The molecule has 1 aromatic heterocycles. The second kappa shape index (κ2) is 5.69. The number of hydrogen-bond acceptors (Lipinski definition) is 4. The van der Waals surface area contributed by atoms with Gasteiger partial charge in [-0.3, -0.25) is 9.89 Å². The summed E-state index contributed by atoms with van der Waals surface area (Å²) in [6.45, 7) is 1.93. The van der Waals surface area contributed by atoms with Crippen molar-refractivity contribution in [3.63, 3.8) is 0 Å². The van der Waals surface area contributed by atoms with Crippen LogP contribution in [-0.2, 0) is 0 Å². The minimum atomic E-state index is -0.332. The lowest BCUT2D eigenvalue weighted by Gasteiger charge is -1.98. The highest BCUT2D eigenvalue weighted by Gasteiger charge is 2.12. The van der Waals surface area contributed by atoms with Gasteiger partial charge in [0.25, 0.3) is 0 Å². The molecular weight excluding hydrogens is 278 g/mol. The van der Waals surface area contributed by atoms with Gasteiger partial charge in [-0.2, -0.15) is 0 Å². The van der Waals surface area contributed by atoms with Crippen molar-refractivity contribution < 1.29 is 0 Å². The zero-order valence-corrected chi connectivity index (χ0v) is 12.0. The number of nitrogen functional groups attached to an aromatic ring is 1. The number of aromatic amines is 1. The Bertz CT molecular complexity index is 877. The predicted molar refractivity (Wildman–Crippen MR) is 86.2 cm³/mol. The summed E-state index contributed by atoms with van der Waals surface area (Å²) in [4.78, 5) is 12.4. The number of anilines is 1. The van der Waals surface area contributed by atoms with Crippen molar-refractivity contribution in [2.75, 3.05) is 5.73 Å². The quantitative estimate of drug-likeness (QED) is 0.724. The van der Waals surface area contributed by atoms with Gasteiger partial charge >= 0.3 is 5.56 Å². The number of hydrogen-bond donors (Lipinski definition) is 2. The molecule has 0 aliphatic carbocycles. The Morgan fingerprint density at radius 3 is 2.41 bits per heavy atom. The molecule has 3 N–H and O–H groups in total. The molecule has 0 bridgehead atoms. The van der Waals surface area contributed by atoms with E-state index in [0.29, 0.717) is 11.4 Å². The topological polar surface area (TPSA) is 88.5 Å². The van der Waals surface area contributed by atoms with E-state index in [1.54, 1.807) is 12.1 Å². The van der Waals surface area contributed by atoms with Crippen LogP contribution in [0.2, 0.25) is 0 Å². The number of H-pyrrole nitrogens is 1. The van der Waals surface area contributed by atoms with Gasteiger partial charge in [0.05, 0.1) is 11.4 Å².